The van der Waals surface area contributed by atoms with E-state index in [4.69, 9.17) is 5.73 Å². The second kappa shape index (κ2) is 5.05. The van der Waals surface area contributed by atoms with Gasteiger partial charge in [-0.1, -0.05) is 18.2 Å². The van der Waals surface area contributed by atoms with Crippen molar-refractivity contribution in [2.45, 2.75) is 19.0 Å². The molecule has 2 aromatic rings. The van der Waals surface area contributed by atoms with E-state index in [1.165, 1.54) is 0 Å². The van der Waals surface area contributed by atoms with Crippen molar-refractivity contribution in [1.82, 2.24) is 9.29 Å². The number of aromatic nitrogens is 1. The van der Waals surface area contributed by atoms with Crippen LogP contribution in [0.4, 0.5) is 0 Å². The number of nitrogens with one attached hydrogen (secondary N) is 1. The molecule has 23 heavy (non-hydrogen) atoms. The Kier molecular flexibility index (Phi) is 3.50. The molecule has 0 fully saturated rings. The lowest BCUT2D eigenvalue weighted by molar-refractivity contribution is -0.122. The molecule has 1 aliphatic rings. The molecule has 0 saturated carbocycles. The molecule has 0 bridgehead atoms. The van der Waals surface area contributed by atoms with E-state index in [0.29, 0.717) is 16.3 Å². The first kappa shape index (κ1) is 16.0. The molecule has 1 aromatic carbocycles. The second-order valence-electron chi connectivity index (χ2n) is 5.46. The van der Waals surface area contributed by atoms with Gasteiger partial charge < -0.3 is 10.7 Å². The number of para-hydroxylation sites is 1. The fourth-order valence-electron chi connectivity index (χ4n) is 2.84. The van der Waals surface area contributed by atoms with Gasteiger partial charge in [0.15, 0.2) is 0 Å². The van der Waals surface area contributed by atoms with Crippen molar-refractivity contribution in [3.05, 3.63) is 35.5 Å². The third kappa shape index (κ3) is 2.42. The normalized spacial score (nSPS) is 19.6. The second-order valence-corrected chi connectivity index (χ2v) is 11.3. The van der Waals surface area contributed by atoms with E-state index >= 15 is 0 Å². The third-order valence-electron chi connectivity index (χ3n) is 3.96. The van der Waals surface area contributed by atoms with Crippen LogP contribution in [0.25, 0.3) is 10.9 Å². The van der Waals surface area contributed by atoms with Crippen LogP contribution < -0.4 is 5.73 Å². The number of nitrogens with two attached hydrogens (primary N) is 1. The number of primary amides is 1. The van der Waals surface area contributed by atoms with E-state index < -0.39 is 29.9 Å². The number of rotatable bonds is 3. The topological polar surface area (TPSA) is 130 Å². The predicted molar refractivity (Wildman–Crippen MR) is 84.3 cm³/mol. The Morgan fingerprint density at radius 1 is 1.26 bits per heavy atom. The number of benzene rings is 1. The van der Waals surface area contributed by atoms with E-state index in [2.05, 4.69) is 4.98 Å². The van der Waals surface area contributed by atoms with Gasteiger partial charge in [0.05, 0.1) is 12.8 Å². The zero-order valence-electron chi connectivity index (χ0n) is 12.2. The molecule has 2 heterocycles. The first-order valence-electron chi connectivity index (χ1n) is 6.72. The zero-order chi connectivity index (χ0) is 17.0. The fourth-order valence-corrected chi connectivity index (χ4v) is 5.47. The van der Waals surface area contributed by atoms with Crippen LogP contribution in [0, 0.1) is 0 Å². The quantitative estimate of drug-likeness (QED) is 0.726. The summed E-state index contributed by atoms with van der Waals surface area (Å²) in [5.41, 5.74) is 7.46. The van der Waals surface area contributed by atoms with E-state index in [9.17, 15) is 21.6 Å². The van der Waals surface area contributed by atoms with Gasteiger partial charge in [0.25, 0.3) is 8.87 Å². The predicted octanol–water partition coefficient (Wildman–Crippen LogP) is -0.331. The molecule has 3 N–H and O–H groups in total. The number of nitrogens with zero attached hydrogens (tertiary/aromatic N) is 1. The molecule has 1 aliphatic heterocycles. The van der Waals surface area contributed by atoms with Crippen LogP contribution in [-0.4, -0.2) is 44.3 Å². The number of carbonyl (C=O) groups is 1. The van der Waals surface area contributed by atoms with Gasteiger partial charge in [-0.15, -0.1) is 0 Å². The van der Waals surface area contributed by atoms with Crippen molar-refractivity contribution in [2.24, 2.45) is 5.73 Å². The maximum Gasteiger partial charge on any atom is 0.320 e. The van der Waals surface area contributed by atoms with Gasteiger partial charge in [-0.3, -0.25) is 4.79 Å². The Labute approximate surface area is 132 Å². The van der Waals surface area contributed by atoms with Crippen LogP contribution in [0.15, 0.2) is 24.3 Å². The number of H-pyrrole nitrogens is 1. The lowest BCUT2D eigenvalue weighted by Crippen LogP contribution is -2.52. The largest absolute Gasteiger partial charge is 0.368 e. The number of amides is 1. The molecule has 8 nitrogen and oxygen atoms in total. The standard InChI is InChI=1S/C13H15N3O5S2/c1-22(18,19)23(20,21)16-7-11-9(6-12(16)13(14)17)8-4-2-3-5-10(8)15-11/h2-5,12,15H,6-7H2,1H3,(H2,14,17). The minimum atomic E-state index is -4.69. The van der Waals surface area contributed by atoms with Crippen LogP contribution in [0.5, 0.6) is 0 Å². The Morgan fingerprint density at radius 2 is 1.91 bits per heavy atom. The average Bonchev–Trinajstić information content (AvgIpc) is 2.82. The Morgan fingerprint density at radius 3 is 2.52 bits per heavy atom. The summed E-state index contributed by atoms with van der Waals surface area (Å²) in [4.78, 5) is 14.8. The average molecular weight is 357 g/mol. The monoisotopic (exact) mass is 357 g/mol. The van der Waals surface area contributed by atoms with Gasteiger partial charge in [0.2, 0.25) is 5.91 Å². The fraction of sp³-hybridized carbons (Fsp3) is 0.308. The van der Waals surface area contributed by atoms with Crippen molar-refractivity contribution in [3.8, 4) is 0 Å². The summed E-state index contributed by atoms with van der Waals surface area (Å²) in [5, 5.41) is 0.866. The summed E-state index contributed by atoms with van der Waals surface area (Å²) >= 11 is 0. The number of fused-ring (bicyclic) bond motifs is 3. The highest BCUT2D eigenvalue weighted by molar-refractivity contribution is 8.66. The maximum atomic E-state index is 12.3. The smallest absolute Gasteiger partial charge is 0.320 e. The third-order valence-corrected chi connectivity index (χ3v) is 8.55. The number of hydrogen-bond donors (Lipinski definition) is 2. The van der Waals surface area contributed by atoms with Crippen LogP contribution in [0.2, 0.25) is 0 Å². The maximum absolute atomic E-state index is 12.3. The summed E-state index contributed by atoms with van der Waals surface area (Å²) in [6.07, 6.45) is 0.630. The van der Waals surface area contributed by atoms with Crippen LogP contribution >= 0.6 is 0 Å². The van der Waals surface area contributed by atoms with Crippen LogP contribution in [-0.2, 0) is 35.7 Å². The Balaban J connectivity index is 2.18. The van der Waals surface area contributed by atoms with Crippen molar-refractivity contribution in [1.29, 1.82) is 0 Å². The summed E-state index contributed by atoms with van der Waals surface area (Å²) < 4.78 is 48.4. The zero-order valence-corrected chi connectivity index (χ0v) is 13.8. The van der Waals surface area contributed by atoms with Gasteiger partial charge in [0, 0.05) is 23.0 Å². The summed E-state index contributed by atoms with van der Waals surface area (Å²) in [6.45, 7) is -0.243. The van der Waals surface area contributed by atoms with Gasteiger partial charge in [0.1, 0.15) is 6.04 Å². The molecule has 124 valence electrons. The van der Waals surface area contributed by atoms with Gasteiger partial charge in [-0.25, -0.2) is 8.42 Å². The first-order valence-corrected chi connectivity index (χ1v) is 10.6. The van der Waals surface area contributed by atoms with E-state index in [1.54, 1.807) is 0 Å². The molecular weight excluding hydrogens is 342 g/mol. The molecule has 0 radical (unpaired) electrons. The Bertz CT molecular complexity index is 1010. The molecule has 0 spiro atoms. The molecule has 1 atom stereocenters. The molecule has 0 saturated heterocycles. The van der Waals surface area contributed by atoms with Gasteiger partial charge in [-0.2, -0.15) is 12.7 Å². The highest BCUT2D eigenvalue weighted by Crippen LogP contribution is 2.32. The summed E-state index contributed by atoms with van der Waals surface area (Å²) in [5.74, 6) is -0.881. The lowest BCUT2D eigenvalue weighted by Gasteiger charge is -2.31. The molecule has 0 aliphatic carbocycles. The first-order chi connectivity index (χ1) is 10.6. The van der Waals surface area contributed by atoms with Gasteiger partial charge in [-0.05, 0) is 11.6 Å². The van der Waals surface area contributed by atoms with Crippen molar-refractivity contribution in [3.63, 3.8) is 0 Å². The van der Waals surface area contributed by atoms with Crippen molar-refractivity contribution in [2.75, 3.05) is 6.26 Å². The van der Waals surface area contributed by atoms with Crippen LogP contribution in [0.1, 0.15) is 11.3 Å². The lowest BCUT2D eigenvalue weighted by atomic mass is 9.98. The van der Waals surface area contributed by atoms with Crippen molar-refractivity contribution >= 4 is 34.7 Å². The van der Waals surface area contributed by atoms with Crippen molar-refractivity contribution < 1.29 is 21.6 Å². The number of hydrogen-bond acceptors (Lipinski definition) is 5. The highest BCUT2D eigenvalue weighted by atomic mass is 33.2. The SMILES string of the molecule is CS(=O)(=O)S(=O)(=O)N1Cc2[nH]c3ccccc3c2CC1C(N)=O. The Hall–Kier alpha value is -1.91. The number of aromatic amines is 1. The minimum absolute atomic E-state index is 0.0312. The van der Waals surface area contributed by atoms with Gasteiger partial charge >= 0.3 is 9.06 Å². The van der Waals surface area contributed by atoms with E-state index in [-0.39, 0.29) is 13.0 Å². The van der Waals surface area contributed by atoms with Crippen LogP contribution in [0.3, 0.4) is 0 Å². The minimum Gasteiger partial charge on any atom is -0.368 e. The van der Waals surface area contributed by atoms with E-state index in [1.807, 2.05) is 24.3 Å². The number of carbonyl (C=O) groups excluding carboxylic acids is 1. The van der Waals surface area contributed by atoms with E-state index in [0.717, 1.165) is 16.5 Å². The molecule has 1 aromatic heterocycles. The molecule has 1 unspecified atom stereocenters. The highest BCUT2D eigenvalue weighted by Gasteiger charge is 2.43. The molecule has 1 amide bonds. The summed E-state index contributed by atoms with van der Waals surface area (Å²) in [7, 11) is -9.11. The summed E-state index contributed by atoms with van der Waals surface area (Å²) in [6, 6.07) is 6.09. The molecular formula is C13H15N3O5S2. The molecule has 3 rings (SSSR count). The molecule has 10 heteroatoms.